The number of esters is 1. The Kier molecular flexibility index (Phi) is 9.95. The topological polar surface area (TPSA) is 103 Å². The molecule has 0 fully saturated rings. The van der Waals surface area contributed by atoms with E-state index in [1.54, 1.807) is 58.2 Å². The lowest BCUT2D eigenvalue weighted by atomic mass is 9.78. The number of carbonyl (C=O) groups excluding carboxylic acids is 3. The van der Waals surface area contributed by atoms with Crippen LogP contribution in [-0.4, -0.2) is 36.7 Å². The third-order valence-electron chi connectivity index (χ3n) is 5.90. The SMILES string of the molecule is COc1ccc(NC(=O)CC(C)(C)c2c(C)cc(C)cc2OC(=O)[C@@H](NC(=O)OC(C)(C)C)C(C)C)cc1. The second-order valence-corrected chi connectivity index (χ2v) is 11.6. The summed E-state index contributed by atoms with van der Waals surface area (Å²) >= 11 is 0. The first kappa shape index (κ1) is 30.7. The van der Waals surface area contributed by atoms with E-state index in [0.29, 0.717) is 17.2 Å². The zero-order valence-electron chi connectivity index (χ0n) is 24.3. The quantitative estimate of drug-likeness (QED) is 0.304. The lowest BCUT2D eigenvalue weighted by molar-refractivity contribution is -0.138. The summed E-state index contributed by atoms with van der Waals surface area (Å²) in [5.74, 6) is 0.0460. The van der Waals surface area contributed by atoms with Gasteiger partial charge < -0.3 is 24.8 Å². The van der Waals surface area contributed by atoms with E-state index >= 15 is 0 Å². The summed E-state index contributed by atoms with van der Waals surface area (Å²) in [5, 5.41) is 5.56. The number of benzene rings is 2. The molecule has 2 aromatic rings. The van der Waals surface area contributed by atoms with E-state index in [4.69, 9.17) is 14.2 Å². The van der Waals surface area contributed by atoms with Crippen molar-refractivity contribution in [3.05, 3.63) is 53.1 Å². The molecule has 8 heteroatoms. The number of carbonyl (C=O) groups is 3. The number of ether oxygens (including phenoxy) is 3. The number of methoxy groups -OCH3 is 1. The second-order valence-electron chi connectivity index (χ2n) is 11.6. The summed E-state index contributed by atoms with van der Waals surface area (Å²) < 4.78 is 16.4. The van der Waals surface area contributed by atoms with Crippen LogP contribution in [0.4, 0.5) is 10.5 Å². The lowest BCUT2D eigenvalue weighted by Gasteiger charge is -2.30. The van der Waals surface area contributed by atoms with Crippen molar-refractivity contribution < 1.29 is 28.6 Å². The van der Waals surface area contributed by atoms with Gasteiger partial charge in [-0.15, -0.1) is 0 Å². The minimum atomic E-state index is -0.917. The molecule has 0 saturated carbocycles. The highest BCUT2D eigenvalue weighted by Gasteiger charge is 2.33. The molecule has 0 aliphatic rings. The number of alkyl carbamates (subject to hydrolysis) is 1. The van der Waals surface area contributed by atoms with Gasteiger partial charge >= 0.3 is 12.1 Å². The van der Waals surface area contributed by atoms with E-state index in [1.807, 2.05) is 47.6 Å². The van der Waals surface area contributed by atoms with E-state index in [0.717, 1.165) is 16.7 Å². The van der Waals surface area contributed by atoms with Crippen LogP contribution in [0.2, 0.25) is 0 Å². The minimum absolute atomic E-state index is 0.150. The van der Waals surface area contributed by atoms with Gasteiger partial charge in [-0.3, -0.25) is 4.79 Å². The molecule has 38 heavy (non-hydrogen) atoms. The first-order valence-corrected chi connectivity index (χ1v) is 12.8. The van der Waals surface area contributed by atoms with Gasteiger partial charge in [-0.1, -0.05) is 33.8 Å². The van der Waals surface area contributed by atoms with Gasteiger partial charge in [0.15, 0.2) is 0 Å². The number of aryl methyl sites for hydroxylation is 2. The van der Waals surface area contributed by atoms with Crippen LogP contribution in [0.25, 0.3) is 0 Å². The van der Waals surface area contributed by atoms with Gasteiger partial charge in [0.25, 0.3) is 0 Å². The van der Waals surface area contributed by atoms with E-state index in [1.165, 1.54) is 0 Å². The molecule has 2 amide bonds. The first-order valence-electron chi connectivity index (χ1n) is 12.8. The highest BCUT2D eigenvalue weighted by molar-refractivity contribution is 5.92. The van der Waals surface area contributed by atoms with Crippen LogP contribution in [0.1, 0.15) is 71.6 Å². The van der Waals surface area contributed by atoms with Gasteiger partial charge in [-0.2, -0.15) is 0 Å². The molecule has 0 bridgehead atoms. The normalized spacial score (nSPS) is 12.5. The molecule has 0 saturated heterocycles. The van der Waals surface area contributed by atoms with Crippen molar-refractivity contribution in [1.82, 2.24) is 5.32 Å². The maximum absolute atomic E-state index is 13.3. The van der Waals surface area contributed by atoms with E-state index in [-0.39, 0.29) is 18.2 Å². The second kappa shape index (κ2) is 12.3. The van der Waals surface area contributed by atoms with Gasteiger partial charge in [0, 0.05) is 23.1 Å². The number of anilines is 1. The van der Waals surface area contributed by atoms with Gasteiger partial charge in [-0.05, 0) is 82.0 Å². The summed E-state index contributed by atoms with van der Waals surface area (Å²) in [5.41, 5.74) is 1.85. The molecule has 208 valence electrons. The maximum atomic E-state index is 13.3. The molecular formula is C30H42N2O6. The third-order valence-corrected chi connectivity index (χ3v) is 5.90. The van der Waals surface area contributed by atoms with E-state index in [9.17, 15) is 14.4 Å². The Morgan fingerprint density at radius 2 is 1.55 bits per heavy atom. The van der Waals surface area contributed by atoms with E-state index < -0.39 is 29.1 Å². The Morgan fingerprint density at radius 1 is 0.947 bits per heavy atom. The number of rotatable bonds is 9. The summed E-state index contributed by atoms with van der Waals surface area (Å²) in [4.78, 5) is 38.7. The van der Waals surface area contributed by atoms with Gasteiger partial charge in [-0.25, -0.2) is 9.59 Å². The Labute approximate surface area is 226 Å². The van der Waals surface area contributed by atoms with Crippen LogP contribution < -0.4 is 20.1 Å². The van der Waals surface area contributed by atoms with E-state index in [2.05, 4.69) is 10.6 Å². The molecule has 2 rings (SSSR count). The Hall–Kier alpha value is -3.55. The Morgan fingerprint density at radius 3 is 2.08 bits per heavy atom. The molecule has 0 heterocycles. The summed E-state index contributed by atoms with van der Waals surface area (Å²) in [7, 11) is 1.58. The number of nitrogens with one attached hydrogen (secondary N) is 2. The smallest absolute Gasteiger partial charge is 0.408 e. The summed E-state index contributed by atoms with van der Waals surface area (Å²) in [6.45, 7) is 16.6. The fourth-order valence-corrected chi connectivity index (χ4v) is 4.35. The van der Waals surface area contributed by atoms with Gasteiger partial charge in [0.1, 0.15) is 23.1 Å². The molecule has 0 aromatic heterocycles. The van der Waals surface area contributed by atoms with Crippen molar-refractivity contribution >= 4 is 23.7 Å². The van der Waals surface area contributed by atoms with Crippen molar-refractivity contribution in [3.8, 4) is 11.5 Å². The largest absolute Gasteiger partial charge is 0.497 e. The first-order chi connectivity index (χ1) is 17.5. The number of amides is 2. The zero-order valence-corrected chi connectivity index (χ0v) is 24.3. The van der Waals surface area contributed by atoms with Crippen molar-refractivity contribution in [2.24, 2.45) is 5.92 Å². The summed E-state index contributed by atoms with van der Waals surface area (Å²) in [6.07, 6.45) is -0.540. The molecular weight excluding hydrogens is 484 g/mol. The van der Waals surface area contributed by atoms with Gasteiger partial charge in [0.05, 0.1) is 7.11 Å². The van der Waals surface area contributed by atoms with Gasteiger partial charge in [0.2, 0.25) is 5.91 Å². The van der Waals surface area contributed by atoms with Crippen LogP contribution >= 0.6 is 0 Å². The summed E-state index contributed by atoms with van der Waals surface area (Å²) in [6, 6.07) is 9.97. The molecule has 0 aliphatic carbocycles. The highest BCUT2D eigenvalue weighted by atomic mass is 16.6. The van der Waals surface area contributed by atoms with Crippen LogP contribution in [0.15, 0.2) is 36.4 Å². The van der Waals surface area contributed by atoms with Crippen molar-refractivity contribution in [2.75, 3.05) is 12.4 Å². The average Bonchev–Trinajstić information content (AvgIpc) is 2.75. The predicted octanol–water partition coefficient (Wildman–Crippen LogP) is 6.07. The number of hydrogen-bond donors (Lipinski definition) is 2. The molecule has 1 atom stereocenters. The minimum Gasteiger partial charge on any atom is -0.497 e. The monoisotopic (exact) mass is 526 g/mol. The molecule has 2 aromatic carbocycles. The highest BCUT2D eigenvalue weighted by Crippen LogP contribution is 2.38. The van der Waals surface area contributed by atoms with Crippen LogP contribution in [0, 0.1) is 19.8 Å². The zero-order chi connectivity index (χ0) is 28.8. The molecule has 0 radical (unpaired) electrons. The van der Waals surface area contributed by atoms with Crippen LogP contribution in [-0.2, 0) is 19.7 Å². The van der Waals surface area contributed by atoms with Crippen molar-refractivity contribution in [3.63, 3.8) is 0 Å². The predicted molar refractivity (Wildman–Crippen MR) is 149 cm³/mol. The average molecular weight is 527 g/mol. The molecule has 0 aliphatic heterocycles. The molecule has 8 nitrogen and oxygen atoms in total. The third kappa shape index (κ3) is 8.78. The standard InChI is InChI=1S/C30H42N2O6/c1-18(2)26(32-28(35)38-29(5,6)7)27(34)37-23-16-19(3)15-20(4)25(23)30(8,9)17-24(33)31-21-11-13-22(36-10)14-12-21/h11-16,18,26H,17H2,1-10H3,(H,31,33)(H,32,35)/t26-/m0/s1. The molecule has 2 N–H and O–H groups in total. The molecule has 0 unspecified atom stereocenters. The van der Waals surface area contributed by atoms with Crippen molar-refractivity contribution in [2.45, 2.75) is 85.8 Å². The lowest BCUT2D eigenvalue weighted by Crippen LogP contribution is -2.48. The number of hydrogen-bond acceptors (Lipinski definition) is 6. The molecule has 0 spiro atoms. The van der Waals surface area contributed by atoms with Crippen molar-refractivity contribution in [1.29, 1.82) is 0 Å². The fourth-order valence-electron chi connectivity index (χ4n) is 4.35. The van der Waals surface area contributed by atoms with Crippen LogP contribution in [0.5, 0.6) is 11.5 Å². The Bertz CT molecular complexity index is 1150. The Balaban J connectivity index is 2.29. The van der Waals surface area contributed by atoms with Crippen LogP contribution in [0.3, 0.4) is 0 Å². The maximum Gasteiger partial charge on any atom is 0.408 e. The fraction of sp³-hybridized carbons (Fsp3) is 0.500.